The fourth-order valence-electron chi connectivity index (χ4n) is 1.53. The highest BCUT2D eigenvalue weighted by Gasteiger charge is 2.14. The molecule has 0 unspecified atom stereocenters. The molecule has 6 nitrogen and oxygen atoms in total. The fraction of sp³-hybridized carbons (Fsp3) is 0.167. The average Bonchev–Trinajstić information content (AvgIpc) is 2.81. The van der Waals surface area contributed by atoms with Crippen molar-refractivity contribution < 1.29 is 4.79 Å². The summed E-state index contributed by atoms with van der Waals surface area (Å²) in [6.07, 6.45) is 5.16. The summed E-state index contributed by atoms with van der Waals surface area (Å²) in [4.78, 5) is 14.9. The van der Waals surface area contributed by atoms with Gasteiger partial charge in [0.15, 0.2) is 11.0 Å². The third-order valence-electron chi connectivity index (χ3n) is 2.29. The number of hydrogen-bond donors (Lipinski definition) is 1. The van der Waals surface area contributed by atoms with Crippen molar-refractivity contribution >= 4 is 17.7 Å². The van der Waals surface area contributed by atoms with Crippen molar-refractivity contribution in [2.24, 2.45) is 5.73 Å². The standard InChI is InChI=1S/C12H13N5OS/c1-2-6-17-11(9-4-3-5-14-7-9)15-16-12(17)19-8-10(13)18/h2-5,7H,1,6,8H2,(H2,13,18). The summed E-state index contributed by atoms with van der Waals surface area (Å²) in [5, 5.41) is 8.85. The van der Waals surface area contributed by atoms with E-state index in [9.17, 15) is 4.79 Å². The van der Waals surface area contributed by atoms with Crippen LogP contribution in [0, 0.1) is 0 Å². The summed E-state index contributed by atoms with van der Waals surface area (Å²) in [6.45, 7) is 4.27. The zero-order valence-electron chi connectivity index (χ0n) is 10.2. The van der Waals surface area contributed by atoms with Crippen molar-refractivity contribution in [1.82, 2.24) is 19.7 Å². The number of carbonyl (C=O) groups is 1. The highest BCUT2D eigenvalue weighted by molar-refractivity contribution is 7.99. The van der Waals surface area contributed by atoms with Crippen molar-refractivity contribution in [3.05, 3.63) is 37.2 Å². The largest absolute Gasteiger partial charge is 0.369 e. The summed E-state index contributed by atoms with van der Waals surface area (Å²) < 4.78 is 1.87. The maximum Gasteiger partial charge on any atom is 0.227 e. The van der Waals surface area contributed by atoms with Crippen LogP contribution in [0.4, 0.5) is 0 Å². The Morgan fingerprint density at radius 1 is 1.53 bits per heavy atom. The molecule has 0 saturated heterocycles. The molecule has 0 aliphatic rings. The maximum atomic E-state index is 10.8. The van der Waals surface area contributed by atoms with Gasteiger partial charge in [0.05, 0.1) is 5.75 Å². The van der Waals surface area contributed by atoms with Crippen molar-refractivity contribution in [1.29, 1.82) is 0 Å². The normalized spacial score (nSPS) is 10.3. The van der Waals surface area contributed by atoms with Crippen LogP contribution >= 0.6 is 11.8 Å². The molecule has 0 aliphatic carbocycles. The van der Waals surface area contributed by atoms with Gasteiger partial charge in [0, 0.05) is 24.5 Å². The Morgan fingerprint density at radius 2 is 2.37 bits per heavy atom. The maximum absolute atomic E-state index is 10.8. The van der Waals surface area contributed by atoms with Gasteiger partial charge >= 0.3 is 0 Å². The van der Waals surface area contributed by atoms with Crippen LogP contribution in [0.15, 0.2) is 42.3 Å². The molecule has 98 valence electrons. The second-order valence-corrected chi connectivity index (χ2v) is 4.64. The molecular formula is C12H13N5OS. The predicted octanol–water partition coefficient (Wildman–Crippen LogP) is 1.10. The Kier molecular flexibility index (Phi) is 4.30. The molecule has 0 spiro atoms. The quantitative estimate of drug-likeness (QED) is 0.630. The van der Waals surface area contributed by atoms with Gasteiger partial charge in [0.25, 0.3) is 0 Å². The molecule has 2 heterocycles. The molecule has 0 aromatic carbocycles. The highest BCUT2D eigenvalue weighted by Crippen LogP contribution is 2.23. The Balaban J connectivity index is 2.34. The first-order valence-electron chi connectivity index (χ1n) is 5.58. The van der Waals surface area contributed by atoms with Crippen LogP contribution in [0.2, 0.25) is 0 Å². The van der Waals surface area contributed by atoms with Gasteiger partial charge in [-0.3, -0.25) is 14.3 Å². The number of amides is 1. The number of hydrogen-bond acceptors (Lipinski definition) is 5. The molecular weight excluding hydrogens is 262 g/mol. The molecule has 2 N–H and O–H groups in total. The minimum absolute atomic E-state index is 0.169. The molecule has 0 atom stereocenters. The number of thioether (sulfide) groups is 1. The smallest absolute Gasteiger partial charge is 0.227 e. The highest BCUT2D eigenvalue weighted by atomic mass is 32.2. The van der Waals surface area contributed by atoms with Gasteiger partial charge in [-0.25, -0.2) is 0 Å². The zero-order chi connectivity index (χ0) is 13.7. The van der Waals surface area contributed by atoms with Crippen LogP contribution in [0.1, 0.15) is 0 Å². The van der Waals surface area contributed by atoms with Crippen LogP contribution in [0.3, 0.4) is 0 Å². The fourth-order valence-corrected chi connectivity index (χ4v) is 2.22. The number of rotatable bonds is 6. The summed E-state index contributed by atoms with van der Waals surface area (Å²) in [7, 11) is 0. The van der Waals surface area contributed by atoms with Gasteiger partial charge < -0.3 is 5.73 Å². The third-order valence-corrected chi connectivity index (χ3v) is 3.28. The topological polar surface area (TPSA) is 86.7 Å². The van der Waals surface area contributed by atoms with Crippen LogP contribution in [0.25, 0.3) is 11.4 Å². The Bertz CT molecular complexity index is 581. The summed E-state index contributed by atoms with van der Waals surface area (Å²) in [5.41, 5.74) is 6.00. The minimum Gasteiger partial charge on any atom is -0.369 e. The lowest BCUT2D eigenvalue weighted by Crippen LogP contribution is -2.13. The Labute approximate surface area is 114 Å². The van der Waals surface area contributed by atoms with E-state index in [1.165, 1.54) is 11.8 Å². The van der Waals surface area contributed by atoms with E-state index in [2.05, 4.69) is 21.8 Å². The number of carbonyl (C=O) groups excluding carboxylic acids is 1. The van der Waals surface area contributed by atoms with Crippen LogP contribution in [-0.4, -0.2) is 31.4 Å². The molecule has 7 heteroatoms. The van der Waals surface area contributed by atoms with E-state index in [0.29, 0.717) is 17.5 Å². The van der Waals surface area contributed by atoms with E-state index >= 15 is 0 Å². The number of nitrogens with zero attached hydrogens (tertiary/aromatic N) is 4. The lowest BCUT2D eigenvalue weighted by molar-refractivity contribution is -0.115. The molecule has 2 rings (SSSR count). The van der Waals surface area contributed by atoms with Crippen LogP contribution in [0.5, 0.6) is 0 Å². The number of allylic oxidation sites excluding steroid dienone is 1. The Hall–Kier alpha value is -2.15. The second kappa shape index (κ2) is 6.14. The van der Waals surface area contributed by atoms with Crippen molar-refractivity contribution in [3.63, 3.8) is 0 Å². The molecule has 19 heavy (non-hydrogen) atoms. The minimum atomic E-state index is -0.388. The molecule has 2 aromatic rings. The third kappa shape index (κ3) is 3.19. The molecule has 0 bridgehead atoms. The monoisotopic (exact) mass is 275 g/mol. The lowest BCUT2D eigenvalue weighted by Gasteiger charge is -2.06. The average molecular weight is 275 g/mol. The number of aromatic nitrogens is 4. The van der Waals surface area contributed by atoms with Crippen molar-refractivity contribution in [2.75, 3.05) is 5.75 Å². The number of nitrogens with two attached hydrogens (primary N) is 1. The summed E-state index contributed by atoms with van der Waals surface area (Å²) >= 11 is 1.26. The van der Waals surface area contributed by atoms with Crippen LogP contribution in [-0.2, 0) is 11.3 Å². The molecule has 1 amide bonds. The lowest BCUT2D eigenvalue weighted by atomic mass is 10.3. The van der Waals surface area contributed by atoms with Crippen molar-refractivity contribution in [2.45, 2.75) is 11.7 Å². The predicted molar refractivity (Wildman–Crippen MR) is 73.4 cm³/mol. The van der Waals surface area contributed by atoms with Gasteiger partial charge in [-0.05, 0) is 12.1 Å². The SMILES string of the molecule is C=CCn1c(SCC(N)=O)nnc1-c1cccnc1. The zero-order valence-corrected chi connectivity index (χ0v) is 11.0. The molecule has 0 fully saturated rings. The van der Waals surface area contributed by atoms with Crippen LogP contribution < -0.4 is 5.73 Å². The first-order valence-corrected chi connectivity index (χ1v) is 6.56. The van der Waals surface area contributed by atoms with E-state index in [4.69, 9.17) is 5.73 Å². The van der Waals surface area contributed by atoms with E-state index in [-0.39, 0.29) is 11.7 Å². The van der Waals surface area contributed by atoms with E-state index < -0.39 is 0 Å². The van der Waals surface area contributed by atoms with Gasteiger partial charge in [0.2, 0.25) is 5.91 Å². The molecule has 2 aromatic heterocycles. The van der Waals surface area contributed by atoms with E-state index in [0.717, 1.165) is 5.56 Å². The Morgan fingerprint density at radius 3 is 3.00 bits per heavy atom. The summed E-state index contributed by atoms with van der Waals surface area (Å²) in [6, 6.07) is 3.73. The molecule has 0 radical (unpaired) electrons. The van der Waals surface area contributed by atoms with E-state index in [1.807, 2.05) is 16.7 Å². The van der Waals surface area contributed by atoms with Gasteiger partial charge in [-0.1, -0.05) is 17.8 Å². The molecule has 0 saturated carbocycles. The van der Waals surface area contributed by atoms with E-state index in [1.54, 1.807) is 18.5 Å². The van der Waals surface area contributed by atoms with Gasteiger partial charge in [-0.2, -0.15) is 0 Å². The summed E-state index contributed by atoms with van der Waals surface area (Å²) in [5.74, 6) is 0.475. The first-order chi connectivity index (χ1) is 9.22. The van der Waals surface area contributed by atoms with Crippen molar-refractivity contribution in [3.8, 4) is 11.4 Å². The molecule has 0 aliphatic heterocycles. The number of primary amides is 1. The number of pyridine rings is 1. The first kappa shape index (κ1) is 13.3. The van der Waals surface area contributed by atoms with Gasteiger partial charge in [-0.15, -0.1) is 16.8 Å². The van der Waals surface area contributed by atoms with Gasteiger partial charge in [0.1, 0.15) is 0 Å². The second-order valence-electron chi connectivity index (χ2n) is 3.70.